The first-order valence-electron chi connectivity index (χ1n) is 8.15. The van der Waals surface area contributed by atoms with E-state index in [1.165, 1.54) is 0 Å². The molecule has 1 aromatic heterocycles. The monoisotopic (exact) mass is 326 g/mol. The van der Waals surface area contributed by atoms with Crippen molar-refractivity contribution in [3.05, 3.63) is 29.1 Å². The lowest BCUT2D eigenvalue weighted by atomic mass is 9.64. The summed E-state index contributed by atoms with van der Waals surface area (Å²) in [5.74, 6) is -0.131. The van der Waals surface area contributed by atoms with Gasteiger partial charge in [-0.05, 0) is 25.3 Å². The predicted octanol–water partition coefficient (Wildman–Crippen LogP) is 2.01. The number of nitrogens with zero attached hydrogens (tertiary/aromatic N) is 4. The van der Waals surface area contributed by atoms with Gasteiger partial charge in [0.1, 0.15) is 11.8 Å². The molecule has 1 fully saturated rings. The molecule has 6 nitrogen and oxygen atoms in total. The van der Waals surface area contributed by atoms with E-state index in [0.29, 0.717) is 25.2 Å². The SMILES string of the molecule is Cc1cnn(C)c1C(=O)N1CC[C@]2(C=C(C#N)C(=O)C(C)(C)C2)C1. The van der Waals surface area contributed by atoms with Crippen molar-refractivity contribution in [1.82, 2.24) is 14.7 Å². The van der Waals surface area contributed by atoms with Crippen LogP contribution in [-0.2, 0) is 11.8 Å². The Hall–Kier alpha value is -2.42. The Bertz CT molecular complexity index is 777. The fraction of sp³-hybridized carbons (Fsp3) is 0.556. The van der Waals surface area contributed by atoms with Gasteiger partial charge in [-0.2, -0.15) is 10.4 Å². The molecular formula is C18H22N4O2. The van der Waals surface area contributed by atoms with Gasteiger partial charge in [-0.1, -0.05) is 19.9 Å². The Kier molecular flexibility index (Phi) is 3.63. The van der Waals surface area contributed by atoms with Crippen LogP contribution in [0.1, 0.15) is 42.7 Å². The van der Waals surface area contributed by atoms with Crippen LogP contribution in [0.2, 0.25) is 0 Å². The van der Waals surface area contributed by atoms with Crippen LogP contribution in [-0.4, -0.2) is 39.5 Å². The Morgan fingerprint density at radius 3 is 2.71 bits per heavy atom. The van der Waals surface area contributed by atoms with E-state index in [1.54, 1.807) is 17.9 Å². The minimum atomic E-state index is -0.568. The van der Waals surface area contributed by atoms with Crippen molar-refractivity contribution in [2.24, 2.45) is 17.9 Å². The van der Waals surface area contributed by atoms with Gasteiger partial charge in [-0.15, -0.1) is 0 Å². The number of rotatable bonds is 1. The molecule has 1 spiro atoms. The van der Waals surface area contributed by atoms with E-state index in [1.807, 2.05) is 37.8 Å². The van der Waals surface area contributed by atoms with E-state index in [0.717, 1.165) is 12.0 Å². The maximum atomic E-state index is 12.9. The van der Waals surface area contributed by atoms with Gasteiger partial charge in [0, 0.05) is 31.0 Å². The van der Waals surface area contributed by atoms with Gasteiger partial charge in [-0.3, -0.25) is 14.3 Å². The van der Waals surface area contributed by atoms with Gasteiger partial charge in [-0.25, -0.2) is 0 Å². The molecule has 126 valence electrons. The summed E-state index contributed by atoms with van der Waals surface area (Å²) in [7, 11) is 1.77. The fourth-order valence-corrected chi connectivity index (χ4v) is 4.17. The molecule has 6 heteroatoms. The Balaban J connectivity index is 1.90. The molecule has 2 aliphatic rings. The zero-order valence-corrected chi connectivity index (χ0v) is 14.6. The molecule has 0 unspecified atom stereocenters. The molecule has 1 saturated heterocycles. The van der Waals surface area contributed by atoms with E-state index in [4.69, 9.17) is 0 Å². The maximum absolute atomic E-state index is 12.9. The lowest BCUT2D eigenvalue weighted by molar-refractivity contribution is -0.125. The van der Waals surface area contributed by atoms with Crippen molar-refractivity contribution >= 4 is 11.7 Å². The molecule has 2 heterocycles. The first-order chi connectivity index (χ1) is 11.2. The van der Waals surface area contributed by atoms with Crippen molar-refractivity contribution in [2.75, 3.05) is 13.1 Å². The number of aromatic nitrogens is 2. The summed E-state index contributed by atoms with van der Waals surface area (Å²) in [6, 6.07) is 2.04. The molecule has 1 aliphatic carbocycles. The number of Topliss-reactive ketones (excluding diaryl/α,β-unsaturated/α-hetero) is 1. The van der Waals surface area contributed by atoms with Crippen LogP contribution < -0.4 is 0 Å². The molecular weight excluding hydrogens is 304 g/mol. The third-order valence-corrected chi connectivity index (χ3v) is 5.22. The van der Waals surface area contributed by atoms with Crippen molar-refractivity contribution in [3.8, 4) is 6.07 Å². The van der Waals surface area contributed by atoms with Crippen molar-refractivity contribution < 1.29 is 9.59 Å². The summed E-state index contributed by atoms with van der Waals surface area (Å²) < 4.78 is 1.60. The Morgan fingerprint density at radius 2 is 2.12 bits per heavy atom. The Labute approximate surface area is 141 Å². The van der Waals surface area contributed by atoms with Crippen LogP contribution >= 0.6 is 0 Å². The number of ketones is 1. The number of aryl methyl sites for hydroxylation is 2. The molecule has 0 N–H and O–H groups in total. The van der Waals surface area contributed by atoms with Crippen LogP contribution in [0.3, 0.4) is 0 Å². The second-order valence-corrected chi connectivity index (χ2v) is 7.70. The van der Waals surface area contributed by atoms with E-state index in [-0.39, 0.29) is 22.7 Å². The number of amides is 1. The molecule has 24 heavy (non-hydrogen) atoms. The van der Waals surface area contributed by atoms with Crippen LogP contribution in [0.15, 0.2) is 17.8 Å². The second kappa shape index (κ2) is 5.30. The van der Waals surface area contributed by atoms with Gasteiger partial charge in [0.2, 0.25) is 0 Å². The zero-order chi connectivity index (χ0) is 17.7. The Morgan fingerprint density at radius 1 is 1.42 bits per heavy atom. The highest BCUT2D eigenvalue weighted by molar-refractivity contribution is 6.03. The minimum Gasteiger partial charge on any atom is -0.336 e. The van der Waals surface area contributed by atoms with Crippen LogP contribution in [0.5, 0.6) is 0 Å². The highest BCUT2D eigenvalue weighted by Crippen LogP contribution is 2.48. The molecule has 1 atom stereocenters. The fourth-order valence-electron chi connectivity index (χ4n) is 4.17. The van der Waals surface area contributed by atoms with Gasteiger partial charge in [0.15, 0.2) is 5.78 Å². The summed E-state index contributed by atoms with van der Waals surface area (Å²) in [6.07, 6.45) is 4.94. The normalized spacial score (nSPS) is 25.7. The molecule has 3 rings (SSSR count). The summed E-state index contributed by atoms with van der Waals surface area (Å²) in [5, 5.41) is 13.4. The molecule has 0 bridgehead atoms. The van der Waals surface area contributed by atoms with Crippen LogP contribution in [0, 0.1) is 29.1 Å². The predicted molar refractivity (Wildman–Crippen MR) is 88.0 cm³/mol. The topological polar surface area (TPSA) is 79.0 Å². The molecule has 0 saturated carbocycles. The quantitative estimate of drug-likeness (QED) is 0.791. The lowest BCUT2D eigenvalue weighted by Gasteiger charge is -2.38. The smallest absolute Gasteiger partial charge is 0.272 e. The average Bonchev–Trinajstić information content (AvgIpc) is 3.06. The lowest BCUT2D eigenvalue weighted by Crippen LogP contribution is -2.41. The van der Waals surface area contributed by atoms with Crippen LogP contribution in [0.4, 0.5) is 0 Å². The van der Waals surface area contributed by atoms with E-state index < -0.39 is 5.41 Å². The van der Waals surface area contributed by atoms with Gasteiger partial charge in [0.25, 0.3) is 5.91 Å². The molecule has 1 amide bonds. The van der Waals surface area contributed by atoms with Crippen molar-refractivity contribution in [2.45, 2.75) is 33.6 Å². The number of allylic oxidation sites excluding steroid dienone is 1. The van der Waals surface area contributed by atoms with E-state index in [2.05, 4.69) is 5.10 Å². The van der Waals surface area contributed by atoms with Crippen molar-refractivity contribution in [3.63, 3.8) is 0 Å². The second-order valence-electron chi connectivity index (χ2n) is 7.70. The van der Waals surface area contributed by atoms with Crippen molar-refractivity contribution in [1.29, 1.82) is 5.26 Å². The largest absolute Gasteiger partial charge is 0.336 e. The molecule has 1 aromatic rings. The minimum absolute atomic E-state index is 0.0361. The van der Waals surface area contributed by atoms with Gasteiger partial charge in [0.05, 0.1) is 11.8 Å². The number of nitriles is 1. The van der Waals surface area contributed by atoms with E-state index in [9.17, 15) is 14.9 Å². The number of carbonyl (C=O) groups is 2. The van der Waals surface area contributed by atoms with Gasteiger partial charge < -0.3 is 4.90 Å². The van der Waals surface area contributed by atoms with Crippen LogP contribution in [0.25, 0.3) is 0 Å². The number of carbonyl (C=O) groups excluding carboxylic acids is 2. The zero-order valence-electron chi connectivity index (χ0n) is 14.6. The molecule has 1 aliphatic heterocycles. The third-order valence-electron chi connectivity index (χ3n) is 5.22. The summed E-state index contributed by atoms with van der Waals surface area (Å²) >= 11 is 0. The van der Waals surface area contributed by atoms with E-state index >= 15 is 0 Å². The maximum Gasteiger partial charge on any atom is 0.272 e. The first kappa shape index (κ1) is 16.4. The summed E-state index contributed by atoms with van der Waals surface area (Å²) in [5.41, 5.74) is 0.835. The number of hydrogen-bond donors (Lipinski definition) is 0. The first-order valence-corrected chi connectivity index (χ1v) is 8.15. The molecule has 0 radical (unpaired) electrons. The summed E-state index contributed by atoms with van der Waals surface area (Å²) in [6.45, 7) is 6.82. The standard InChI is InChI=1S/C18H22N4O2/c1-12-9-20-21(4)14(12)16(24)22-6-5-18(11-22)7-13(8-19)15(23)17(2,3)10-18/h7,9H,5-6,10-11H2,1-4H3/t18-/m1/s1. The molecule has 0 aromatic carbocycles. The number of likely N-dealkylation sites (tertiary alicyclic amines) is 1. The summed E-state index contributed by atoms with van der Waals surface area (Å²) in [4.78, 5) is 27.0. The highest BCUT2D eigenvalue weighted by atomic mass is 16.2. The highest BCUT2D eigenvalue weighted by Gasteiger charge is 2.49. The average molecular weight is 326 g/mol. The van der Waals surface area contributed by atoms with Gasteiger partial charge >= 0.3 is 0 Å². The number of hydrogen-bond acceptors (Lipinski definition) is 4. The third kappa shape index (κ3) is 2.44.